The van der Waals surface area contributed by atoms with E-state index in [-0.39, 0.29) is 16.9 Å². The lowest BCUT2D eigenvalue weighted by Gasteiger charge is -2.26. The molecule has 2 nitrogen and oxygen atoms in total. The molecule has 1 fully saturated rings. The van der Waals surface area contributed by atoms with Crippen LogP contribution in [-0.2, 0) is 0 Å². The van der Waals surface area contributed by atoms with Crippen LogP contribution in [0.25, 0.3) is 0 Å². The molecule has 1 N–H and O–H groups in total. The van der Waals surface area contributed by atoms with Gasteiger partial charge in [0.25, 0.3) is 0 Å². The van der Waals surface area contributed by atoms with Gasteiger partial charge in [0.2, 0.25) is 0 Å². The van der Waals surface area contributed by atoms with Gasteiger partial charge < -0.3 is 5.32 Å². The first-order valence-electron chi connectivity index (χ1n) is 6.49. The maximum absolute atomic E-state index is 13.6. The Balaban J connectivity index is 2.19. The summed E-state index contributed by atoms with van der Waals surface area (Å²) in [5.74, 6) is 0.215. The van der Waals surface area contributed by atoms with Crippen LogP contribution >= 0.6 is 11.6 Å². The molecule has 1 aromatic carbocycles. The van der Waals surface area contributed by atoms with E-state index >= 15 is 0 Å². The van der Waals surface area contributed by atoms with Crippen molar-refractivity contribution in [2.75, 3.05) is 26.7 Å². The molecule has 1 saturated heterocycles. The van der Waals surface area contributed by atoms with Crippen molar-refractivity contribution in [1.29, 1.82) is 0 Å². The van der Waals surface area contributed by atoms with Crippen molar-refractivity contribution in [2.24, 2.45) is 5.92 Å². The Labute approximate surface area is 113 Å². The monoisotopic (exact) mass is 270 g/mol. The summed E-state index contributed by atoms with van der Waals surface area (Å²) in [6, 6.07) is 5.46. The molecule has 2 unspecified atom stereocenters. The predicted octanol–water partition coefficient (Wildman–Crippen LogP) is 3.08. The van der Waals surface area contributed by atoms with Crippen molar-refractivity contribution in [3.05, 3.63) is 34.6 Å². The third kappa shape index (κ3) is 2.85. The highest BCUT2D eigenvalue weighted by Gasteiger charge is 2.32. The third-order valence-electron chi connectivity index (χ3n) is 3.72. The molecule has 4 heteroatoms. The first-order chi connectivity index (χ1) is 8.63. The first kappa shape index (κ1) is 13.8. The molecule has 1 aliphatic rings. The molecule has 0 amide bonds. The van der Waals surface area contributed by atoms with Crippen LogP contribution in [0.4, 0.5) is 4.39 Å². The number of rotatable bonds is 4. The van der Waals surface area contributed by atoms with E-state index in [0.29, 0.717) is 5.92 Å². The highest BCUT2D eigenvalue weighted by atomic mass is 35.5. The molecule has 0 radical (unpaired) electrons. The van der Waals surface area contributed by atoms with Gasteiger partial charge in [0.15, 0.2) is 0 Å². The number of likely N-dealkylation sites (tertiary alicyclic amines) is 1. The maximum atomic E-state index is 13.6. The normalized spacial score (nSPS) is 24.7. The Morgan fingerprint density at radius 1 is 1.50 bits per heavy atom. The summed E-state index contributed by atoms with van der Waals surface area (Å²) in [4.78, 5) is 2.30. The van der Waals surface area contributed by atoms with E-state index in [9.17, 15) is 4.39 Å². The summed E-state index contributed by atoms with van der Waals surface area (Å²) in [7, 11) is 2.10. The Morgan fingerprint density at radius 2 is 2.28 bits per heavy atom. The number of hydrogen-bond donors (Lipinski definition) is 1. The fraction of sp³-hybridized carbons (Fsp3) is 0.571. The summed E-state index contributed by atoms with van der Waals surface area (Å²) in [5, 5.41) is 3.59. The standard InChI is InChI=1S/C14H20ClFN2/c1-3-17-9-11-6-7-18(2)14(11)10-4-5-12(15)13(16)8-10/h4-5,8,11,14,17H,3,6-7,9H2,1-2H3. The summed E-state index contributed by atoms with van der Waals surface area (Å²) < 4.78 is 13.6. The molecule has 18 heavy (non-hydrogen) atoms. The van der Waals surface area contributed by atoms with Gasteiger partial charge in [-0.05, 0) is 56.7 Å². The van der Waals surface area contributed by atoms with E-state index in [0.717, 1.165) is 31.6 Å². The van der Waals surface area contributed by atoms with Crippen LogP contribution in [0.5, 0.6) is 0 Å². The van der Waals surface area contributed by atoms with Crippen LogP contribution in [-0.4, -0.2) is 31.6 Å². The minimum Gasteiger partial charge on any atom is -0.317 e. The zero-order valence-corrected chi connectivity index (χ0v) is 11.7. The van der Waals surface area contributed by atoms with Crippen LogP contribution in [0.3, 0.4) is 0 Å². The molecular weight excluding hydrogens is 251 g/mol. The summed E-state index contributed by atoms with van der Waals surface area (Å²) in [5.41, 5.74) is 1.03. The van der Waals surface area contributed by atoms with Crippen molar-refractivity contribution >= 4 is 11.6 Å². The minimum atomic E-state index is -0.323. The zero-order valence-electron chi connectivity index (χ0n) is 10.9. The molecular formula is C14H20ClFN2. The van der Waals surface area contributed by atoms with Crippen molar-refractivity contribution in [3.63, 3.8) is 0 Å². The molecule has 1 aliphatic heterocycles. The van der Waals surface area contributed by atoms with Crippen molar-refractivity contribution < 1.29 is 4.39 Å². The highest BCUT2D eigenvalue weighted by molar-refractivity contribution is 6.30. The number of nitrogens with one attached hydrogen (secondary N) is 1. The Hall–Kier alpha value is -0.640. The second-order valence-electron chi connectivity index (χ2n) is 4.96. The maximum Gasteiger partial charge on any atom is 0.142 e. The predicted molar refractivity (Wildman–Crippen MR) is 73.4 cm³/mol. The average Bonchev–Trinajstić information content (AvgIpc) is 2.71. The molecule has 0 aromatic heterocycles. The minimum absolute atomic E-state index is 0.197. The average molecular weight is 271 g/mol. The molecule has 0 spiro atoms. The van der Waals surface area contributed by atoms with Gasteiger partial charge in [-0.1, -0.05) is 24.6 Å². The smallest absolute Gasteiger partial charge is 0.142 e. The van der Waals surface area contributed by atoms with Gasteiger partial charge in [-0.2, -0.15) is 0 Å². The van der Waals surface area contributed by atoms with Gasteiger partial charge in [0, 0.05) is 6.04 Å². The summed E-state index contributed by atoms with van der Waals surface area (Å²) >= 11 is 5.74. The van der Waals surface area contributed by atoms with Crippen LogP contribution in [0.2, 0.25) is 5.02 Å². The van der Waals surface area contributed by atoms with Gasteiger partial charge in [-0.15, -0.1) is 0 Å². The Kier molecular flexibility index (Phi) is 4.60. The third-order valence-corrected chi connectivity index (χ3v) is 4.02. The van der Waals surface area contributed by atoms with E-state index in [4.69, 9.17) is 11.6 Å². The van der Waals surface area contributed by atoms with E-state index in [1.165, 1.54) is 0 Å². The lowest BCUT2D eigenvalue weighted by Crippen LogP contribution is -2.28. The molecule has 0 bridgehead atoms. The second-order valence-corrected chi connectivity index (χ2v) is 5.36. The Morgan fingerprint density at radius 3 is 2.94 bits per heavy atom. The second kappa shape index (κ2) is 6.00. The van der Waals surface area contributed by atoms with E-state index in [2.05, 4.69) is 24.2 Å². The molecule has 0 aliphatic carbocycles. The summed E-state index contributed by atoms with van der Waals surface area (Å²) in [6.45, 7) is 5.12. The molecule has 2 atom stereocenters. The van der Waals surface area contributed by atoms with Gasteiger partial charge in [-0.25, -0.2) is 4.39 Å². The fourth-order valence-corrected chi connectivity index (χ4v) is 2.91. The molecule has 2 rings (SSSR count). The first-order valence-corrected chi connectivity index (χ1v) is 6.87. The summed E-state index contributed by atoms with van der Waals surface area (Å²) in [6.07, 6.45) is 1.15. The van der Waals surface area contributed by atoms with Gasteiger partial charge in [0.1, 0.15) is 5.82 Å². The van der Waals surface area contributed by atoms with Gasteiger partial charge in [-0.3, -0.25) is 4.90 Å². The lowest BCUT2D eigenvalue weighted by molar-refractivity contribution is 0.272. The van der Waals surface area contributed by atoms with E-state index in [1.54, 1.807) is 12.1 Å². The molecule has 1 heterocycles. The highest BCUT2D eigenvalue weighted by Crippen LogP contribution is 2.36. The topological polar surface area (TPSA) is 15.3 Å². The number of halogens is 2. The fourth-order valence-electron chi connectivity index (χ4n) is 2.79. The largest absolute Gasteiger partial charge is 0.317 e. The van der Waals surface area contributed by atoms with Crippen LogP contribution < -0.4 is 5.32 Å². The lowest BCUT2D eigenvalue weighted by atomic mass is 9.93. The quantitative estimate of drug-likeness (QED) is 0.905. The van der Waals surface area contributed by atoms with Crippen molar-refractivity contribution in [2.45, 2.75) is 19.4 Å². The number of benzene rings is 1. The van der Waals surface area contributed by atoms with Gasteiger partial charge >= 0.3 is 0 Å². The molecule has 0 saturated carbocycles. The van der Waals surface area contributed by atoms with Crippen molar-refractivity contribution in [3.8, 4) is 0 Å². The Bertz CT molecular complexity index is 411. The van der Waals surface area contributed by atoms with Crippen molar-refractivity contribution in [1.82, 2.24) is 10.2 Å². The SMILES string of the molecule is CCNCC1CCN(C)C1c1ccc(Cl)c(F)c1. The van der Waals surface area contributed by atoms with E-state index in [1.807, 2.05) is 6.07 Å². The molecule has 1 aromatic rings. The van der Waals surface area contributed by atoms with E-state index < -0.39 is 0 Å². The van der Waals surface area contributed by atoms with Gasteiger partial charge in [0.05, 0.1) is 5.02 Å². The number of hydrogen-bond acceptors (Lipinski definition) is 2. The van der Waals surface area contributed by atoms with Crippen LogP contribution in [0.1, 0.15) is 24.9 Å². The van der Waals surface area contributed by atoms with Crippen LogP contribution in [0, 0.1) is 11.7 Å². The number of nitrogens with zero attached hydrogens (tertiary/aromatic N) is 1. The zero-order chi connectivity index (χ0) is 13.1. The van der Waals surface area contributed by atoms with Crippen LogP contribution in [0.15, 0.2) is 18.2 Å². The molecule has 100 valence electrons.